The van der Waals surface area contributed by atoms with Gasteiger partial charge in [-0.15, -0.1) is 34.2 Å². The summed E-state index contributed by atoms with van der Waals surface area (Å²) in [5, 5.41) is 15.6. The largest absolute Gasteiger partial charge is 0.468 e. The number of aryl methyl sites for hydroxylation is 1. The summed E-state index contributed by atoms with van der Waals surface area (Å²) in [6.07, 6.45) is 12.1. The van der Waals surface area contributed by atoms with Crippen LogP contribution in [-0.2, 0) is 13.0 Å². The molecule has 2 aliphatic rings. The van der Waals surface area contributed by atoms with Gasteiger partial charge in [0, 0.05) is 25.6 Å². The third-order valence-corrected chi connectivity index (χ3v) is 6.97. The molecular weight excluding hydrogens is 529 g/mol. The molecule has 33 heavy (non-hydrogen) atoms. The van der Waals surface area contributed by atoms with E-state index in [1.54, 1.807) is 6.26 Å². The molecule has 0 spiro atoms. The van der Waals surface area contributed by atoms with Gasteiger partial charge in [-0.25, -0.2) is 0 Å². The molecule has 3 heterocycles. The fourth-order valence-electron chi connectivity index (χ4n) is 4.99. The Morgan fingerprint density at radius 1 is 1.24 bits per heavy atom. The molecule has 1 aliphatic heterocycles. The van der Waals surface area contributed by atoms with Gasteiger partial charge in [0.2, 0.25) is 0 Å². The minimum Gasteiger partial charge on any atom is -0.468 e. The molecule has 2 aromatic rings. The van der Waals surface area contributed by atoms with Crippen LogP contribution in [0.2, 0.25) is 0 Å². The first kappa shape index (κ1) is 26.0. The van der Waals surface area contributed by atoms with Crippen molar-refractivity contribution >= 4 is 29.9 Å². The Balaban J connectivity index is 0.00000306. The maximum Gasteiger partial charge on any atom is 0.191 e. The lowest BCUT2D eigenvalue weighted by Gasteiger charge is -2.31. The van der Waals surface area contributed by atoms with Gasteiger partial charge in [-0.05, 0) is 56.8 Å². The third kappa shape index (κ3) is 7.18. The standard InChI is InChI=1S/C24H39N7O.HI/c1-3-23-29-27-18-31(23)15-12-25-24(28-20-10-5-4-9-19(20)2)26-17-21(22-11-8-16-32-22)30-13-6-7-14-30;/h8,11,16,18-21H,3-7,9-10,12-15,17H2,1-2H3,(H2,25,26,28);1H. The van der Waals surface area contributed by atoms with E-state index in [2.05, 4.69) is 50.2 Å². The quantitative estimate of drug-likeness (QED) is 0.270. The molecule has 2 N–H and O–H groups in total. The van der Waals surface area contributed by atoms with Crippen molar-refractivity contribution in [2.75, 3.05) is 26.2 Å². The van der Waals surface area contributed by atoms with Crippen LogP contribution in [-0.4, -0.2) is 57.8 Å². The summed E-state index contributed by atoms with van der Waals surface area (Å²) in [7, 11) is 0. The molecule has 1 aliphatic carbocycles. The molecular formula is C24H40IN7O. The summed E-state index contributed by atoms with van der Waals surface area (Å²) in [4.78, 5) is 7.57. The first-order valence-electron chi connectivity index (χ1n) is 12.4. The van der Waals surface area contributed by atoms with E-state index in [0.717, 1.165) is 50.1 Å². The lowest BCUT2D eigenvalue weighted by Crippen LogP contribution is -2.48. The maximum atomic E-state index is 5.79. The molecule has 0 amide bonds. The number of nitrogens with one attached hydrogen (secondary N) is 2. The molecule has 8 nitrogen and oxygen atoms in total. The van der Waals surface area contributed by atoms with Crippen LogP contribution in [0.25, 0.3) is 0 Å². The van der Waals surface area contributed by atoms with Crippen LogP contribution in [0.1, 0.15) is 70.0 Å². The number of nitrogens with zero attached hydrogens (tertiary/aromatic N) is 5. The van der Waals surface area contributed by atoms with E-state index in [9.17, 15) is 0 Å². The van der Waals surface area contributed by atoms with Crippen molar-refractivity contribution in [3.63, 3.8) is 0 Å². The molecule has 4 rings (SSSR count). The monoisotopic (exact) mass is 569 g/mol. The summed E-state index contributed by atoms with van der Waals surface area (Å²) < 4.78 is 7.91. The molecule has 3 unspecified atom stereocenters. The Morgan fingerprint density at radius 2 is 2.06 bits per heavy atom. The molecule has 2 fully saturated rings. The van der Waals surface area contributed by atoms with Crippen LogP contribution in [0.5, 0.6) is 0 Å². The predicted molar refractivity (Wildman–Crippen MR) is 142 cm³/mol. The van der Waals surface area contributed by atoms with Gasteiger partial charge < -0.3 is 19.6 Å². The van der Waals surface area contributed by atoms with Crippen LogP contribution >= 0.6 is 24.0 Å². The van der Waals surface area contributed by atoms with Crippen LogP contribution in [0.15, 0.2) is 34.1 Å². The van der Waals surface area contributed by atoms with Crippen LogP contribution in [0.4, 0.5) is 0 Å². The third-order valence-electron chi connectivity index (χ3n) is 6.97. The van der Waals surface area contributed by atoms with Gasteiger partial charge in [0.15, 0.2) is 5.96 Å². The lowest BCUT2D eigenvalue weighted by atomic mass is 9.86. The van der Waals surface area contributed by atoms with E-state index in [1.807, 2.05) is 12.4 Å². The van der Waals surface area contributed by atoms with Crippen molar-refractivity contribution in [3.05, 3.63) is 36.3 Å². The highest BCUT2D eigenvalue weighted by atomic mass is 127. The highest BCUT2D eigenvalue weighted by molar-refractivity contribution is 14.0. The summed E-state index contributed by atoms with van der Waals surface area (Å²) in [5.41, 5.74) is 0. The molecule has 0 aromatic carbocycles. The summed E-state index contributed by atoms with van der Waals surface area (Å²) >= 11 is 0. The van der Waals surface area contributed by atoms with Gasteiger partial charge >= 0.3 is 0 Å². The van der Waals surface area contributed by atoms with Crippen molar-refractivity contribution < 1.29 is 4.42 Å². The Kier molecular flexibility index (Phi) is 10.5. The number of rotatable bonds is 9. The number of halogens is 1. The number of hydrogen-bond acceptors (Lipinski definition) is 5. The highest BCUT2D eigenvalue weighted by Gasteiger charge is 2.26. The zero-order valence-corrected chi connectivity index (χ0v) is 22.4. The summed E-state index contributed by atoms with van der Waals surface area (Å²) in [6.45, 7) is 9.00. The molecule has 0 bridgehead atoms. The van der Waals surface area contributed by atoms with E-state index in [1.165, 1.54) is 38.5 Å². The SMILES string of the molecule is CCc1nncn1CCNC(=NCC(c1ccco1)N1CCCC1)NC1CCCCC1C.I. The molecule has 1 saturated carbocycles. The minimum absolute atomic E-state index is 0. The first-order valence-corrected chi connectivity index (χ1v) is 12.4. The molecule has 9 heteroatoms. The zero-order chi connectivity index (χ0) is 22.2. The second-order valence-corrected chi connectivity index (χ2v) is 9.20. The Bertz CT molecular complexity index is 832. The smallest absolute Gasteiger partial charge is 0.191 e. The zero-order valence-electron chi connectivity index (χ0n) is 20.1. The Labute approximate surface area is 215 Å². The fourth-order valence-corrected chi connectivity index (χ4v) is 4.99. The van der Waals surface area contributed by atoms with Crippen molar-refractivity contribution in [1.82, 2.24) is 30.3 Å². The van der Waals surface area contributed by atoms with Gasteiger partial charge in [0.05, 0.1) is 18.8 Å². The number of aromatic nitrogens is 3. The second-order valence-electron chi connectivity index (χ2n) is 9.20. The number of hydrogen-bond donors (Lipinski definition) is 2. The molecule has 184 valence electrons. The predicted octanol–water partition coefficient (Wildman–Crippen LogP) is 4.00. The van der Waals surface area contributed by atoms with E-state index in [0.29, 0.717) is 18.5 Å². The fraction of sp³-hybridized carbons (Fsp3) is 0.708. The van der Waals surface area contributed by atoms with E-state index in [-0.39, 0.29) is 30.0 Å². The van der Waals surface area contributed by atoms with Crippen molar-refractivity contribution in [2.24, 2.45) is 10.9 Å². The molecule has 2 aromatic heterocycles. The number of likely N-dealkylation sites (tertiary alicyclic amines) is 1. The van der Waals surface area contributed by atoms with Crippen LogP contribution in [0, 0.1) is 5.92 Å². The van der Waals surface area contributed by atoms with Gasteiger partial charge in [-0.3, -0.25) is 9.89 Å². The van der Waals surface area contributed by atoms with Gasteiger partial charge in [0.25, 0.3) is 0 Å². The number of furan rings is 1. The number of guanidine groups is 1. The maximum absolute atomic E-state index is 5.79. The topological polar surface area (TPSA) is 83.5 Å². The lowest BCUT2D eigenvalue weighted by molar-refractivity contribution is 0.221. The normalized spacial score (nSPS) is 22.7. The second kappa shape index (κ2) is 13.3. The first-order chi connectivity index (χ1) is 15.7. The average Bonchev–Trinajstić information content (AvgIpc) is 3.58. The van der Waals surface area contributed by atoms with Crippen LogP contribution < -0.4 is 10.6 Å². The highest BCUT2D eigenvalue weighted by Crippen LogP contribution is 2.26. The summed E-state index contributed by atoms with van der Waals surface area (Å²) in [6, 6.07) is 4.73. The molecule has 3 atom stereocenters. The van der Waals surface area contributed by atoms with Crippen molar-refractivity contribution in [3.8, 4) is 0 Å². The Morgan fingerprint density at radius 3 is 2.79 bits per heavy atom. The van der Waals surface area contributed by atoms with E-state index < -0.39 is 0 Å². The average molecular weight is 570 g/mol. The molecule has 1 saturated heterocycles. The summed E-state index contributed by atoms with van der Waals surface area (Å²) in [5.74, 6) is 3.61. The van der Waals surface area contributed by atoms with Crippen molar-refractivity contribution in [1.29, 1.82) is 0 Å². The number of aliphatic imine (C=N–C) groups is 1. The van der Waals surface area contributed by atoms with E-state index in [4.69, 9.17) is 9.41 Å². The van der Waals surface area contributed by atoms with E-state index >= 15 is 0 Å². The molecule has 0 radical (unpaired) electrons. The van der Waals surface area contributed by atoms with Crippen molar-refractivity contribution in [2.45, 2.75) is 77.4 Å². The Hall–Kier alpha value is -1.62. The van der Waals surface area contributed by atoms with Gasteiger partial charge in [-0.2, -0.15) is 0 Å². The van der Waals surface area contributed by atoms with Gasteiger partial charge in [-0.1, -0.05) is 26.7 Å². The minimum atomic E-state index is 0. The van der Waals surface area contributed by atoms with Crippen LogP contribution in [0.3, 0.4) is 0 Å². The van der Waals surface area contributed by atoms with Gasteiger partial charge in [0.1, 0.15) is 17.9 Å².